The molecule has 3 heterocycles. The molecule has 0 aromatic carbocycles. The van der Waals surface area contributed by atoms with E-state index in [0.717, 1.165) is 18.2 Å². The SMILES string of the molecule is CC1CN2CCCC2CN1c1nc(C(C)(C)C(=O)O)cs1. The van der Waals surface area contributed by atoms with Gasteiger partial charge in [-0.2, -0.15) is 0 Å². The van der Waals surface area contributed by atoms with Crippen LogP contribution >= 0.6 is 11.3 Å². The van der Waals surface area contributed by atoms with Gasteiger partial charge in [-0.05, 0) is 40.2 Å². The molecule has 21 heavy (non-hydrogen) atoms. The Morgan fingerprint density at radius 2 is 2.24 bits per heavy atom. The number of hydrogen-bond donors (Lipinski definition) is 1. The van der Waals surface area contributed by atoms with Crippen LogP contribution in [0, 0.1) is 0 Å². The number of carbonyl (C=O) groups is 1. The predicted molar refractivity (Wildman–Crippen MR) is 84.2 cm³/mol. The Morgan fingerprint density at radius 3 is 2.95 bits per heavy atom. The molecule has 0 spiro atoms. The highest BCUT2D eigenvalue weighted by molar-refractivity contribution is 7.13. The van der Waals surface area contributed by atoms with E-state index in [1.165, 1.54) is 19.4 Å². The largest absolute Gasteiger partial charge is 0.481 e. The van der Waals surface area contributed by atoms with Gasteiger partial charge in [-0.15, -0.1) is 11.3 Å². The van der Waals surface area contributed by atoms with Crippen molar-refractivity contribution in [2.24, 2.45) is 0 Å². The fraction of sp³-hybridized carbons (Fsp3) is 0.733. The van der Waals surface area contributed by atoms with E-state index in [-0.39, 0.29) is 0 Å². The monoisotopic (exact) mass is 309 g/mol. The number of aromatic nitrogens is 1. The van der Waals surface area contributed by atoms with E-state index in [1.54, 1.807) is 25.2 Å². The molecule has 5 nitrogen and oxygen atoms in total. The maximum Gasteiger partial charge on any atom is 0.315 e. The van der Waals surface area contributed by atoms with Crippen molar-refractivity contribution in [1.29, 1.82) is 0 Å². The van der Waals surface area contributed by atoms with Crippen LogP contribution in [-0.2, 0) is 10.2 Å². The average Bonchev–Trinajstić information content (AvgIpc) is 3.05. The first-order valence-electron chi connectivity index (χ1n) is 7.59. The molecule has 0 saturated carbocycles. The number of fused-ring (bicyclic) bond motifs is 1. The molecule has 0 bridgehead atoms. The summed E-state index contributed by atoms with van der Waals surface area (Å²) in [4.78, 5) is 20.9. The van der Waals surface area contributed by atoms with Crippen LogP contribution in [0.3, 0.4) is 0 Å². The van der Waals surface area contributed by atoms with Crippen LogP contribution in [0.2, 0.25) is 0 Å². The van der Waals surface area contributed by atoms with Gasteiger partial charge in [-0.1, -0.05) is 0 Å². The summed E-state index contributed by atoms with van der Waals surface area (Å²) >= 11 is 1.57. The lowest BCUT2D eigenvalue weighted by atomic mass is 9.90. The standard InChI is InChI=1S/C15H23N3O2S/c1-10-7-17-6-4-5-11(17)8-18(10)14-16-12(9-21-14)15(2,3)13(19)20/h9-11H,4-8H2,1-3H3,(H,19,20). The van der Waals surface area contributed by atoms with Crippen LogP contribution in [0.15, 0.2) is 5.38 Å². The highest BCUT2D eigenvalue weighted by Crippen LogP contribution is 2.33. The summed E-state index contributed by atoms with van der Waals surface area (Å²) in [5.41, 5.74) is -0.260. The Bertz CT molecular complexity index is 543. The van der Waals surface area contributed by atoms with Crippen LogP contribution in [0.5, 0.6) is 0 Å². The van der Waals surface area contributed by atoms with Crippen molar-refractivity contribution in [1.82, 2.24) is 9.88 Å². The number of hydrogen-bond acceptors (Lipinski definition) is 5. The predicted octanol–water partition coefficient (Wildman–Crippen LogP) is 2.18. The van der Waals surface area contributed by atoms with E-state index >= 15 is 0 Å². The number of carboxylic acid groups (broad SMARTS) is 1. The zero-order valence-corrected chi connectivity index (χ0v) is 13.7. The Balaban J connectivity index is 1.81. The summed E-state index contributed by atoms with van der Waals surface area (Å²) in [5, 5.41) is 12.2. The van der Waals surface area contributed by atoms with Gasteiger partial charge in [0.1, 0.15) is 5.41 Å². The number of rotatable bonds is 3. The minimum absolute atomic E-state index is 0.436. The first kappa shape index (κ1) is 14.8. The van der Waals surface area contributed by atoms with Crippen molar-refractivity contribution in [2.75, 3.05) is 24.5 Å². The molecule has 0 aliphatic carbocycles. The van der Waals surface area contributed by atoms with Crippen molar-refractivity contribution in [2.45, 2.75) is 51.1 Å². The quantitative estimate of drug-likeness (QED) is 0.927. The summed E-state index contributed by atoms with van der Waals surface area (Å²) < 4.78 is 0. The first-order valence-corrected chi connectivity index (χ1v) is 8.47. The molecule has 2 saturated heterocycles. The van der Waals surface area contributed by atoms with Gasteiger partial charge in [0, 0.05) is 30.6 Å². The van der Waals surface area contributed by atoms with Crippen LogP contribution in [0.25, 0.3) is 0 Å². The van der Waals surface area contributed by atoms with Crippen LogP contribution in [0.4, 0.5) is 5.13 Å². The molecule has 0 radical (unpaired) electrons. The lowest BCUT2D eigenvalue weighted by Crippen LogP contribution is -2.55. The molecule has 2 fully saturated rings. The van der Waals surface area contributed by atoms with Gasteiger partial charge in [0.05, 0.1) is 5.69 Å². The number of thiazole rings is 1. The Labute approximate surface area is 129 Å². The van der Waals surface area contributed by atoms with E-state index in [4.69, 9.17) is 0 Å². The molecule has 1 aromatic rings. The average molecular weight is 309 g/mol. The lowest BCUT2D eigenvalue weighted by molar-refractivity contribution is -0.142. The molecule has 0 amide bonds. The molecular weight excluding hydrogens is 286 g/mol. The fourth-order valence-electron chi connectivity index (χ4n) is 3.25. The zero-order valence-electron chi connectivity index (χ0n) is 12.9. The van der Waals surface area contributed by atoms with E-state index in [0.29, 0.717) is 17.8 Å². The van der Waals surface area contributed by atoms with Gasteiger partial charge in [-0.25, -0.2) is 4.98 Å². The molecule has 2 atom stereocenters. The third kappa shape index (κ3) is 2.55. The summed E-state index contributed by atoms with van der Waals surface area (Å²) in [6.45, 7) is 8.98. The van der Waals surface area contributed by atoms with Crippen molar-refractivity contribution in [3.63, 3.8) is 0 Å². The van der Waals surface area contributed by atoms with E-state index < -0.39 is 11.4 Å². The summed E-state index contributed by atoms with van der Waals surface area (Å²) in [7, 11) is 0. The summed E-state index contributed by atoms with van der Waals surface area (Å²) in [6, 6.07) is 1.08. The number of aliphatic carboxylic acids is 1. The van der Waals surface area contributed by atoms with Gasteiger partial charge >= 0.3 is 5.97 Å². The van der Waals surface area contributed by atoms with E-state index in [1.807, 2.05) is 5.38 Å². The summed E-state index contributed by atoms with van der Waals surface area (Å²) in [5.74, 6) is -0.826. The van der Waals surface area contributed by atoms with Crippen LogP contribution in [-0.4, -0.2) is 52.7 Å². The molecule has 1 N–H and O–H groups in total. The smallest absolute Gasteiger partial charge is 0.315 e. The molecule has 1 aromatic heterocycles. The van der Waals surface area contributed by atoms with Crippen LogP contribution < -0.4 is 4.90 Å². The molecule has 3 rings (SSSR count). The van der Waals surface area contributed by atoms with E-state index in [9.17, 15) is 9.90 Å². The van der Waals surface area contributed by atoms with Gasteiger partial charge in [0.15, 0.2) is 5.13 Å². The molecule has 6 heteroatoms. The van der Waals surface area contributed by atoms with Gasteiger partial charge in [0.25, 0.3) is 0 Å². The lowest BCUT2D eigenvalue weighted by Gasteiger charge is -2.42. The molecular formula is C15H23N3O2S. The maximum atomic E-state index is 11.4. The first-order chi connectivity index (χ1) is 9.89. The zero-order chi connectivity index (χ0) is 15.2. The molecule has 116 valence electrons. The Hall–Kier alpha value is -1.14. The van der Waals surface area contributed by atoms with Gasteiger partial charge < -0.3 is 10.0 Å². The van der Waals surface area contributed by atoms with Crippen molar-refractivity contribution in [3.05, 3.63) is 11.1 Å². The molecule has 2 aliphatic rings. The Kier molecular flexibility index (Phi) is 3.69. The van der Waals surface area contributed by atoms with Gasteiger partial charge in [0.2, 0.25) is 0 Å². The Morgan fingerprint density at radius 1 is 1.48 bits per heavy atom. The fourth-order valence-corrected chi connectivity index (χ4v) is 4.35. The van der Waals surface area contributed by atoms with Crippen molar-refractivity contribution >= 4 is 22.4 Å². The van der Waals surface area contributed by atoms with Crippen molar-refractivity contribution in [3.8, 4) is 0 Å². The minimum atomic E-state index is -0.923. The highest BCUT2D eigenvalue weighted by Gasteiger charge is 2.37. The molecule has 2 unspecified atom stereocenters. The molecule has 2 aliphatic heterocycles. The second-order valence-electron chi connectivity index (χ2n) is 6.74. The third-order valence-electron chi connectivity index (χ3n) is 4.85. The third-order valence-corrected chi connectivity index (χ3v) is 5.73. The second kappa shape index (κ2) is 5.25. The van der Waals surface area contributed by atoms with Crippen LogP contribution in [0.1, 0.15) is 39.3 Å². The number of carboxylic acids is 1. The second-order valence-corrected chi connectivity index (χ2v) is 7.57. The van der Waals surface area contributed by atoms with Gasteiger partial charge in [-0.3, -0.25) is 9.69 Å². The summed E-state index contributed by atoms with van der Waals surface area (Å²) in [6.07, 6.45) is 2.56. The minimum Gasteiger partial charge on any atom is -0.481 e. The normalized spacial score (nSPS) is 26.9. The van der Waals surface area contributed by atoms with Crippen molar-refractivity contribution < 1.29 is 9.90 Å². The van der Waals surface area contributed by atoms with E-state index in [2.05, 4.69) is 21.7 Å². The maximum absolute atomic E-state index is 11.4. The number of anilines is 1. The highest BCUT2D eigenvalue weighted by atomic mass is 32.1. The number of nitrogens with zero attached hydrogens (tertiary/aromatic N) is 3. The number of piperazine rings is 1. The topological polar surface area (TPSA) is 56.7 Å².